The predicted molar refractivity (Wildman–Crippen MR) is 76.0 cm³/mol. The molecule has 0 saturated carbocycles. The third kappa shape index (κ3) is 2.68. The summed E-state index contributed by atoms with van der Waals surface area (Å²) in [7, 11) is 0. The van der Waals surface area contributed by atoms with Gasteiger partial charge in [-0.05, 0) is 37.1 Å². The molecule has 0 bridgehead atoms. The number of amides is 1. The standard InChI is InChI=1S/C15H18ClNO3/c1-11-7-12(9-13(16)8-11)14(18)17-4-2-3-15(10-17)19-5-6-20-15/h7-9H,2-6,10H2,1H3. The molecular formula is C15H18ClNO3. The van der Waals surface area contributed by atoms with E-state index in [1.807, 2.05) is 19.1 Å². The molecule has 5 heteroatoms. The van der Waals surface area contributed by atoms with Crippen LogP contribution in [0.1, 0.15) is 28.8 Å². The molecule has 1 aromatic carbocycles. The van der Waals surface area contributed by atoms with Crippen molar-refractivity contribution in [1.29, 1.82) is 0 Å². The molecule has 0 unspecified atom stereocenters. The van der Waals surface area contributed by atoms with E-state index in [-0.39, 0.29) is 5.91 Å². The van der Waals surface area contributed by atoms with Crippen molar-refractivity contribution in [2.24, 2.45) is 0 Å². The Morgan fingerprint density at radius 3 is 2.75 bits per heavy atom. The van der Waals surface area contributed by atoms with E-state index in [0.29, 0.717) is 30.3 Å². The van der Waals surface area contributed by atoms with Crippen LogP contribution in [-0.4, -0.2) is 42.9 Å². The minimum atomic E-state index is -0.582. The highest BCUT2D eigenvalue weighted by Crippen LogP contribution is 2.31. The smallest absolute Gasteiger partial charge is 0.254 e. The van der Waals surface area contributed by atoms with E-state index in [4.69, 9.17) is 21.1 Å². The van der Waals surface area contributed by atoms with Crippen LogP contribution in [0.15, 0.2) is 18.2 Å². The molecule has 2 fully saturated rings. The van der Waals surface area contributed by atoms with Gasteiger partial charge in [-0.25, -0.2) is 0 Å². The number of halogens is 1. The highest BCUT2D eigenvalue weighted by molar-refractivity contribution is 6.31. The van der Waals surface area contributed by atoms with Crippen LogP contribution in [-0.2, 0) is 9.47 Å². The van der Waals surface area contributed by atoms with Gasteiger partial charge in [0.05, 0.1) is 19.8 Å². The highest BCUT2D eigenvalue weighted by atomic mass is 35.5. The maximum absolute atomic E-state index is 12.6. The summed E-state index contributed by atoms with van der Waals surface area (Å²) in [5, 5.41) is 0.591. The maximum Gasteiger partial charge on any atom is 0.254 e. The minimum absolute atomic E-state index is 0.00576. The quantitative estimate of drug-likeness (QED) is 0.799. The number of benzene rings is 1. The SMILES string of the molecule is Cc1cc(Cl)cc(C(=O)N2CCCC3(C2)OCCO3)c1. The lowest BCUT2D eigenvalue weighted by Crippen LogP contribution is -2.51. The van der Waals surface area contributed by atoms with Crippen LogP contribution < -0.4 is 0 Å². The molecule has 4 nitrogen and oxygen atoms in total. The Bertz CT molecular complexity index is 506. The Labute approximate surface area is 123 Å². The van der Waals surface area contributed by atoms with Crippen LogP contribution in [0.3, 0.4) is 0 Å². The fraction of sp³-hybridized carbons (Fsp3) is 0.533. The molecule has 3 rings (SSSR count). The lowest BCUT2D eigenvalue weighted by Gasteiger charge is -2.38. The molecule has 0 aromatic heterocycles. The first-order valence-electron chi connectivity index (χ1n) is 6.92. The van der Waals surface area contributed by atoms with Gasteiger partial charge in [0.1, 0.15) is 0 Å². The van der Waals surface area contributed by atoms with E-state index in [1.165, 1.54) is 0 Å². The van der Waals surface area contributed by atoms with Gasteiger partial charge in [0.2, 0.25) is 0 Å². The summed E-state index contributed by atoms with van der Waals surface area (Å²) < 4.78 is 11.4. The van der Waals surface area contributed by atoms with Gasteiger partial charge in [0.25, 0.3) is 5.91 Å². The lowest BCUT2D eigenvalue weighted by atomic mass is 10.0. The maximum atomic E-state index is 12.6. The molecule has 2 aliphatic rings. The molecular weight excluding hydrogens is 278 g/mol. The monoisotopic (exact) mass is 295 g/mol. The molecule has 0 N–H and O–H groups in total. The van der Waals surface area contributed by atoms with Crippen molar-refractivity contribution < 1.29 is 14.3 Å². The summed E-state index contributed by atoms with van der Waals surface area (Å²) in [6.07, 6.45) is 1.75. The van der Waals surface area contributed by atoms with Crippen LogP contribution in [0.4, 0.5) is 0 Å². The second-order valence-electron chi connectivity index (χ2n) is 5.46. The van der Waals surface area contributed by atoms with Crippen molar-refractivity contribution in [3.8, 4) is 0 Å². The van der Waals surface area contributed by atoms with Crippen molar-refractivity contribution in [3.63, 3.8) is 0 Å². The van der Waals surface area contributed by atoms with E-state index in [1.54, 1.807) is 11.0 Å². The van der Waals surface area contributed by atoms with Gasteiger partial charge in [-0.15, -0.1) is 0 Å². The number of ether oxygens (including phenoxy) is 2. The van der Waals surface area contributed by atoms with Crippen molar-refractivity contribution >= 4 is 17.5 Å². The number of piperidine rings is 1. The number of hydrogen-bond acceptors (Lipinski definition) is 3. The van der Waals surface area contributed by atoms with Crippen LogP contribution in [0, 0.1) is 6.92 Å². The van der Waals surface area contributed by atoms with E-state index in [9.17, 15) is 4.79 Å². The minimum Gasteiger partial charge on any atom is -0.346 e. The highest BCUT2D eigenvalue weighted by Gasteiger charge is 2.42. The Balaban J connectivity index is 1.79. The van der Waals surface area contributed by atoms with E-state index in [0.717, 1.165) is 24.9 Å². The molecule has 2 aliphatic heterocycles. The van der Waals surface area contributed by atoms with Gasteiger partial charge < -0.3 is 14.4 Å². The predicted octanol–water partition coefficient (Wildman–Crippen LogP) is 2.63. The Kier molecular flexibility index (Phi) is 3.71. The second-order valence-corrected chi connectivity index (χ2v) is 5.89. The van der Waals surface area contributed by atoms with Crippen molar-refractivity contribution in [2.75, 3.05) is 26.3 Å². The van der Waals surface area contributed by atoms with Crippen LogP contribution >= 0.6 is 11.6 Å². The molecule has 0 atom stereocenters. The molecule has 1 aromatic rings. The molecule has 1 spiro atoms. The Morgan fingerprint density at radius 2 is 2.05 bits per heavy atom. The van der Waals surface area contributed by atoms with Gasteiger partial charge in [0.15, 0.2) is 5.79 Å². The van der Waals surface area contributed by atoms with Crippen molar-refractivity contribution in [1.82, 2.24) is 4.90 Å². The third-order valence-corrected chi connectivity index (χ3v) is 4.03. The number of nitrogens with zero attached hydrogens (tertiary/aromatic N) is 1. The average Bonchev–Trinajstić information content (AvgIpc) is 2.85. The summed E-state index contributed by atoms with van der Waals surface area (Å²) in [4.78, 5) is 14.4. The number of rotatable bonds is 1. The van der Waals surface area contributed by atoms with Crippen LogP contribution in [0.2, 0.25) is 5.02 Å². The zero-order chi connectivity index (χ0) is 14.2. The third-order valence-electron chi connectivity index (χ3n) is 3.81. The molecule has 20 heavy (non-hydrogen) atoms. The lowest BCUT2D eigenvalue weighted by molar-refractivity contribution is -0.183. The molecule has 0 radical (unpaired) electrons. The van der Waals surface area contributed by atoms with Crippen molar-refractivity contribution in [2.45, 2.75) is 25.6 Å². The zero-order valence-corrected chi connectivity index (χ0v) is 12.3. The van der Waals surface area contributed by atoms with E-state index in [2.05, 4.69) is 0 Å². The fourth-order valence-electron chi connectivity index (χ4n) is 2.94. The number of hydrogen-bond donors (Lipinski definition) is 0. The average molecular weight is 296 g/mol. The van der Waals surface area contributed by atoms with Gasteiger partial charge in [-0.3, -0.25) is 4.79 Å². The van der Waals surface area contributed by atoms with E-state index < -0.39 is 5.79 Å². The summed E-state index contributed by atoms with van der Waals surface area (Å²) >= 11 is 6.03. The Morgan fingerprint density at radius 1 is 1.30 bits per heavy atom. The van der Waals surface area contributed by atoms with Gasteiger partial charge >= 0.3 is 0 Å². The number of carbonyl (C=O) groups excluding carboxylic acids is 1. The molecule has 0 aliphatic carbocycles. The first-order chi connectivity index (χ1) is 9.58. The normalized spacial score (nSPS) is 21.4. The molecule has 2 saturated heterocycles. The van der Waals surface area contributed by atoms with E-state index >= 15 is 0 Å². The summed E-state index contributed by atoms with van der Waals surface area (Å²) in [6.45, 7) is 4.39. The first-order valence-corrected chi connectivity index (χ1v) is 7.30. The topological polar surface area (TPSA) is 38.8 Å². The second kappa shape index (κ2) is 5.35. The van der Waals surface area contributed by atoms with Crippen molar-refractivity contribution in [3.05, 3.63) is 34.3 Å². The van der Waals surface area contributed by atoms with Gasteiger partial charge in [-0.1, -0.05) is 11.6 Å². The largest absolute Gasteiger partial charge is 0.346 e. The van der Waals surface area contributed by atoms with Gasteiger partial charge in [-0.2, -0.15) is 0 Å². The molecule has 108 valence electrons. The number of aryl methyl sites for hydroxylation is 1. The Hall–Kier alpha value is -1.10. The van der Waals surface area contributed by atoms with Crippen LogP contribution in [0.25, 0.3) is 0 Å². The summed E-state index contributed by atoms with van der Waals surface area (Å²) in [6, 6.07) is 5.43. The van der Waals surface area contributed by atoms with Gasteiger partial charge in [0, 0.05) is 23.6 Å². The molecule has 2 heterocycles. The fourth-order valence-corrected chi connectivity index (χ4v) is 3.23. The first kappa shape index (κ1) is 13.9. The molecule has 1 amide bonds. The number of likely N-dealkylation sites (tertiary alicyclic amines) is 1. The summed E-state index contributed by atoms with van der Waals surface area (Å²) in [5.74, 6) is -0.588. The summed E-state index contributed by atoms with van der Waals surface area (Å²) in [5.41, 5.74) is 1.62. The van der Waals surface area contributed by atoms with Crippen LogP contribution in [0.5, 0.6) is 0 Å². The number of carbonyl (C=O) groups is 1. The zero-order valence-electron chi connectivity index (χ0n) is 11.5.